The van der Waals surface area contributed by atoms with Crippen molar-refractivity contribution < 1.29 is 18.4 Å². The first-order valence-corrected chi connectivity index (χ1v) is 9.39. The summed E-state index contributed by atoms with van der Waals surface area (Å²) in [6.45, 7) is 1.26. The number of halogens is 1. The highest BCUT2D eigenvalue weighted by atomic mass is 19.1. The van der Waals surface area contributed by atoms with Crippen LogP contribution >= 0.6 is 0 Å². The zero-order chi connectivity index (χ0) is 20.2. The molecule has 0 bridgehead atoms. The van der Waals surface area contributed by atoms with Gasteiger partial charge in [-0.05, 0) is 48.5 Å². The Morgan fingerprint density at radius 3 is 2.62 bits per heavy atom. The fraction of sp³-hybridized carbons (Fsp3) is 0.182. The highest BCUT2D eigenvalue weighted by Crippen LogP contribution is 2.25. The summed E-state index contributed by atoms with van der Waals surface area (Å²) in [4.78, 5) is 25.6. The monoisotopic (exact) mass is 393 g/mol. The average molecular weight is 393 g/mol. The van der Waals surface area contributed by atoms with Crippen LogP contribution < -0.4 is 15.5 Å². The van der Waals surface area contributed by atoms with Crippen molar-refractivity contribution in [2.45, 2.75) is 12.8 Å². The molecule has 6 nitrogen and oxygen atoms in total. The molecule has 148 valence electrons. The molecule has 7 heteroatoms. The van der Waals surface area contributed by atoms with E-state index in [2.05, 4.69) is 10.6 Å². The molecule has 1 saturated heterocycles. The molecule has 1 aromatic heterocycles. The molecule has 1 aliphatic heterocycles. The van der Waals surface area contributed by atoms with Gasteiger partial charge in [-0.1, -0.05) is 12.1 Å². The second kappa shape index (κ2) is 8.18. The zero-order valence-corrected chi connectivity index (χ0v) is 15.7. The van der Waals surface area contributed by atoms with E-state index in [1.54, 1.807) is 59.5 Å². The van der Waals surface area contributed by atoms with Gasteiger partial charge in [0.1, 0.15) is 17.3 Å². The molecular weight excluding hydrogens is 373 g/mol. The molecule has 0 unspecified atom stereocenters. The predicted molar refractivity (Wildman–Crippen MR) is 108 cm³/mol. The van der Waals surface area contributed by atoms with Crippen molar-refractivity contribution in [3.8, 4) is 11.3 Å². The number of rotatable bonds is 6. The molecule has 0 radical (unpaired) electrons. The number of hydrogen-bond acceptors (Lipinski definition) is 3. The number of aryl methyl sites for hydroxylation is 1. The van der Waals surface area contributed by atoms with Gasteiger partial charge in [0.25, 0.3) is 0 Å². The van der Waals surface area contributed by atoms with E-state index in [1.165, 1.54) is 6.07 Å². The highest BCUT2D eigenvalue weighted by Gasteiger charge is 2.20. The Morgan fingerprint density at radius 2 is 1.90 bits per heavy atom. The minimum atomic E-state index is -0.346. The molecule has 3 aromatic rings. The predicted octanol–water partition coefficient (Wildman–Crippen LogP) is 4.19. The van der Waals surface area contributed by atoms with Crippen LogP contribution in [0.4, 0.5) is 20.6 Å². The van der Waals surface area contributed by atoms with Gasteiger partial charge < -0.3 is 15.1 Å². The van der Waals surface area contributed by atoms with E-state index in [-0.39, 0.29) is 24.2 Å². The van der Waals surface area contributed by atoms with Crippen LogP contribution in [-0.2, 0) is 11.2 Å². The molecule has 2 N–H and O–H groups in total. The van der Waals surface area contributed by atoms with Gasteiger partial charge in [0.2, 0.25) is 5.91 Å². The van der Waals surface area contributed by atoms with Crippen LogP contribution in [0.15, 0.2) is 65.1 Å². The Bertz CT molecular complexity index is 1030. The molecule has 0 atom stereocenters. The second-order valence-corrected chi connectivity index (χ2v) is 6.72. The van der Waals surface area contributed by atoms with Gasteiger partial charge in [-0.25, -0.2) is 9.18 Å². The van der Waals surface area contributed by atoms with Gasteiger partial charge in [0, 0.05) is 37.3 Å². The minimum Gasteiger partial charge on any atom is -0.461 e. The van der Waals surface area contributed by atoms with Crippen LogP contribution in [0.5, 0.6) is 0 Å². The zero-order valence-electron chi connectivity index (χ0n) is 15.7. The van der Waals surface area contributed by atoms with Crippen LogP contribution in [0.25, 0.3) is 11.3 Å². The van der Waals surface area contributed by atoms with Crippen LogP contribution in [0.3, 0.4) is 0 Å². The third-order valence-corrected chi connectivity index (χ3v) is 4.72. The van der Waals surface area contributed by atoms with Crippen molar-refractivity contribution in [1.82, 2.24) is 5.32 Å². The molecule has 1 aliphatic rings. The fourth-order valence-corrected chi connectivity index (χ4v) is 3.22. The lowest BCUT2D eigenvalue weighted by molar-refractivity contribution is -0.116. The second-order valence-electron chi connectivity index (χ2n) is 6.72. The van der Waals surface area contributed by atoms with Crippen molar-refractivity contribution >= 4 is 23.3 Å². The Balaban J connectivity index is 1.31. The number of amides is 3. The number of carbonyl (C=O) groups excluding carboxylic acids is 2. The smallest absolute Gasteiger partial charge is 0.321 e. The van der Waals surface area contributed by atoms with Gasteiger partial charge >= 0.3 is 6.03 Å². The van der Waals surface area contributed by atoms with Crippen molar-refractivity contribution in [2.75, 3.05) is 23.3 Å². The average Bonchev–Trinajstić information content (AvgIpc) is 3.36. The maximum absolute atomic E-state index is 13.8. The van der Waals surface area contributed by atoms with E-state index in [0.717, 1.165) is 5.69 Å². The van der Waals surface area contributed by atoms with Crippen molar-refractivity contribution in [1.29, 1.82) is 0 Å². The quantitative estimate of drug-likeness (QED) is 0.660. The van der Waals surface area contributed by atoms with Gasteiger partial charge in [-0.15, -0.1) is 0 Å². The molecule has 3 amide bonds. The Labute approximate surface area is 167 Å². The lowest BCUT2D eigenvalue weighted by Gasteiger charge is -2.14. The molecule has 2 aromatic carbocycles. The molecule has 0 spiro atoms. The largest absolute Gasteiger partial charge is 0.461 e. The molecule has 29 heavy (non-hydrogen) atoms. The van der Waals surface area contributed by atoms with Crippen molar-refractivity contribution in [3.63, 3.8) is 0 Å². The Morgan fingerprint density at radius 1 is 1.10 bits per heavy atom. The van der Waals surface area contributed by atoms with Gasteiger partial charge in [-0.3, -0.25) is 9.69 Å². The summed E-state index contributed by atoms with van der Waals surface area (Å²) in [5.74, 6) is 0.565. The lowest BCUT2D eigenvalue weighted by atomic mass is 10.1. The lowest BCUT2D eigenvalue weighted by Crippen LogP contribution is -2.27. The number of anilines is 2. The van der Waals surface area contributed by atoms with E-state index in [4.69, 9.17) is 4.42 Å². The van der Waals surface area contributed by atoms with Gasteiger partial charge in [0.15, 0.2) is 0 Å². The fourth-order valence-electron chi connectivity index (χ4n) is 3.22. The third kappa shape index (κ3) is 4.29. The van der Waals surface area contributed by atoms with Crippen LogP contribution in [0, 0.1) is 5.82 Å². The summed E-state index contributed by atoms with van der Waals surface area (Å²) in [5, 5.41) is 5.58. The topological polar surface area (TPSA) is 74.6 Å². The van der Waals surface area contributed by atoms with Crippen LogP contribution in [-0.4, -0.2) is 25.0 Å². The number of hydrogen-bond donors (Lipinski definition) is 2. The summed E-state index contributed by atoms with van der Waals surface area (Å²) in [7, 11) is 0. The number of carbonyl (C=O) groups is 2. The van der Waals surface area contributed by atoms with Crippen molar-refractivity contribution in [3.05, 3.63) is 72.2 Å². The summed E-state index contributed by atoms with van der Waals surface area (Å²) < 4.78 is 19.5. The number of urea groups is 1. The molecule has 1 fully saturated rings. The first kappa shape index (κ1) is 18.7. The Hall–Kier alpha value is -3.61. The first-order chi connectivity index (χ1) is 14.1. The summed E-state index contributed by atoms with van der Waals surface area (Å²) in [5.41, 5.74) is 1.84. The molecule has 2 heterocycles. The number of nitrogens with zero attached hydrogens (tertiary/aromatic N) is 1. The van der Waals surface area contributed by atoms with E-state index in [9.17, 15) is 14.0 Å². The van der Waals surface area contributed by atoms with E-state index in [1.807, 2.05) is 0 Å². The summed E-state index contributed by atoms with van der Waals surface area (Å²) >= 11 is 0. The van der Waals surface area contributed by atoms with E-state index in [0.29, 0.717) is 42.3 Å². The molecule has 0 aliphatic carbocycles. The van der Waals surface area contributed by atoms with E-state index < -0.39 is 0 Å². The number of benzene rings is 2. The first-order valence-electron chi connectivity index (χ1n) is 9.39. The third-order valence-electron chi connectivity index (χ3n) is 4.72. The van der Waals surface area contributed by atoms with E-state index >= 15 is 0 Å². The highest BCUT2D eigenvalue weighted by molar-refractivity contribution is 5.95. The Kier molecular flexibility index (Phi) is 5.29. The van der Waals surface area contributed by atoms with Crippen molar-refractivity contribution in [2.24, 2.45) is 0 Å². The standard InChI is InChI=1S/C22H20FN3O3/c23-19-4-2-1-3-18(19)20-11-9-17(29-20)10-12-21(27)25-15-5-7-16(8-6-15)26-14-13-24-22(26)28/h1-9,11H,10,12-14H2,(H,24,28)(H,25,27). The maximum Gasteiger partial charge on any atom is 0.321 e. The summed E-state index contributed by atoms with van der Waals surface area (Å²) in [6, 6.07) is 16.9. The summed E-state index contributed by atoms with van der Waals surface area (Å²) in [6.07, 6.45) is 0.646. The maximum atomic E-state index is 13.8. The SMILES string of the molecule is O=C(CCc1ccc(-c2ccccc2F)o1)Nc1ccc(N2CCNC2=O)cc1. The molecular formula is C22H20FN3O3. The van der Waals surface area contributed by atoms with Gasteiger partial charge in [-0.2, -0.15) is 0 Å². The van der Waals surface area contributed by atoms with Gasteiger partial charge in [0.05, 0.1) is 5.56 Å². The normalized spacial score (nSPS) is 13.4. The molecule has 0 saturated carbocycles. The minimum absolute atomic E-state index is 0.116. The van der Waals surface area contributed by atoms with Crippen LogP contribution in [0.2, 0.25) is 0 Å². The number of nitrogens with one attached hydrogen (secondary N) is 2. The number of furan rings is 1. The van der Waals surface area contributed by atoms with Crippen LogP contribution in [0.1, 0.15) is 12.2 Å². The molecule has 4 rings (SSSR count).